The lowest BCUT2D eigenvalue weighted by Crippen LogP contribution is -2.29. The summed E-state index contributed by atoms with van der Waals surface area (Å²) in [5.74, 6) is -1.83. The fourth-order valence-electron chi connectivity index (χ4n) is 2.60. The predicted molar refractivity (Wildman–Crippen MR) is 70.8 cm³/mol. The Balaban J connectivity index is 1.84. The van der Waals surface area contributed by atoms with Gasteiger partial charge in [0.05, 0.1) is 17.9 Å². The molecule has 0 bridgehead atoms. The normalized spacial score (nSPS) is 25.4. The molecule has 108 valence electrons. The van der Waals surface area contributed by atoms with Crippen LogP contribution in [-0.2, 0) is 20.9 Å². The van der Waals surface area contributed by atoms with E-state index in [9.17, 15) is 14.7 Å². The van der Waals surface area contributed by atoms with Crippen LogP contribution in [0.25, 0.3) is 0 Å². The molecule has 1 aliphatic carbocycles. The van der Waals surface area contributed by atoms with Crippen molar-refractivity contribution < 1.29 is 24.5 Å². The predicted octanol–water partition coefficient (Wildman–Crippen LogP) is 1.74. The molecule has 2 unspecified atom stereocenters. The van der Waals surface area contributed by atoms with Crippen LogP contribution >= 0.6 is 0 Å². The SMILES string of the molecule is O=C(O)CC1(O)CCC(C(=O)OCc2ccccc2)C1. The lowest BCUT2D eigenvalue weighted by atomic mass is 9.96. The molecule has 2 rings (SSSR count). The van der Waals surface area contributed by atoms with Gasteiger partial charge in [-0.05, 0) is 24.8 Å². The Bertz CT molecular complexity index is 484. The highest BCUT2D eigenvalue weighted by atomic mass is 16.5. The number of hydrogen-bond acceptors (Lipinski definition) is 4. The van der Waals surface area contributed by atoms with E-state index in [2.05, 4.69) is 0 Å². The molecule has 0 spiro atoms. The molecule has 0 heterocycles. The van der Waals surface area contributed by atoms with E-state index in [1.165, 1.54) is 0 Å². The Morgan fingerprint density at radius 3 is 2.65 bits per heavy atom. The summed E-state index contributed by atoms with van der Waals surface area (Å²) in [7, 11) is 0. The maximum atomic E-state index is 11.9. The Morgan fingerprint density at radius 1 is 1.30 bits per heavy atom. The Hall–Kier alpha value is -1.88. The molecule has 2 N–H and O–H groups in total. The van der Waals surface area contributed by atoms with Gasteiger partial charge in [0.2, 0.25) is 0 Å². The van der Waals surface area contributed by atoms with Gasteiger partial charge in [-0.2, -0.15) is 0 Å². The van der Waals surface area contributed by atoms with E-state index < -0.39 is 17.5 Å². The molecular weight excluding hydrogens is 260 g/mol. The van der Waals surface area contributed by atoms with Crippen LogP contribution in [-0.4, -0.2) is 27.8 Å². The highest BCUT2D eigenvalue weighted by Crippen LogP contribution is 2.37. The van der Waals surface area contributed by atoms with Crippen LogP contribution in [0.4, 0.5) is 0 Å². The van der Waals surface area contributed by atoms with Gasteiger partial charge in [-0.25, -0.2) is 0 Å². The molecule has 1 fully saturated rings. The topological polar surface area (TPSA) is 83.8 Å². The van der Waals surface area contributed by atoms with Crippen LogP contribution in [0.3, 0.4) is 0 Å². The molecule has 20 heavy (non-hydrogen) atoms. The van der Waals surface area contributed by atoms with E-state index in [0.29, 0.717) is 12.8 Å². The molecule has 0 aromatic heterocycles. The third kappa shape index (κ3) is 3.81. The van der Waals surface area contributed by atoms with Gasteiger partial charge in [0.25, 0.3) is 0 Å². The average Bonchev–Trinajstić information content (AvgIpc) is 2.78. The van der Waals surface area contributed by atoms with Crippen LogP contribution in [0.5, 0.6) is 0 Å². The number of esters is 1. The molecule has 0 saturated heterocycles. The van der Waals surface area contributed by atoms with E-state index in [1.807, 2.05) is 30.3 Å². The number of carbonyl (C=O) groups excluding carboxylic acids is 1. The number of carboxylic acids is 1. The van der Waals surface area contributed by atoms with Crippen LogP contribution in [0, 0.1) is 5.92 Å². The van der Waals surface area contributed by atoms with Crippen molar-refractivity contribution in [2.24, 2.45) is 5.92 Å². The highest BCUT2D eigenvalue weighted by molar-refractivity contribution is 5.74. The first-order valence-corrected chi connectivity index (χ1v) is 6.63. The largest absolute Gasteiger partial charge is 0.481 e. The summed E-state index contributed by atoms with van der Waals surface area (Å²) >= 11 is 0. The van der Waals surface area contributed by atoms with Crippen molar-refractivity contribution in [1.29, 1.82) is 0 Å². The molecule has 5 heteroatoms. The van der Waals surface area contributed by atoms with Crippen LogP contribution in [0.2, 0.25) is 0 Å². The van der Waals surface area contributed by atoms with Gasteiger partial charge in [-0.1, -0.05) is 30.3 Å². The number of ether oxygens (including phenoxy) is 1. The summed E-state index contributed by atoms with van der Waals surface area (Å²) in [6.45, 7) is 0.202. The van der Waals surface area contributed by atoms with Crippen molar-refractivity contribution >= 4 is 11.9 Å². The van der Waals surface area contributed by atoms with E-state index in [4.69, 9.17) is 9.84 Å². The monoisotopic (exact) mass is 278 g/mol. The fourth-order valence-corrected chi connectivity index (χ4v) is 2.60. The number of carbonyl (C=O) groups is 2. The molecule has 1 aliphatic rings. The second-order valence-corrected chi connectivity index (χ2v) is 5.33. The number of carboxylic acid groups (broad SMARTS) is 1. The molecule has 0 aliphatic heterocycles. The molecule has 1 saturated carbocycles. The second kappa shape index (κ2) is 6.05. The third-order valence-corrected chi connectivity index (χ3v) is 3.62. The van der Waals surface area contributed by atoms with Gasteiger partial charge in [0, 0.05) is 0 Å². The fraction of sp³-hybridized carbons (Fsp3) is 0.467. The van der Waals surface area contributed by atoms with E-state index in [0.717, 1.165) is 5.56 Å². The Labute approximate surface area is 117 Å². The standard InChI is InChI=1S/C15H18O5/c16-13(17)9-15(19)7-6-12(8-15)14(18)20-10-11-4-2-1-3-5-11/h1-5,12,19H,6-10H2,(H,16,17). The first kappa shape index (κ1) is 14.5. The number of benzene rings is 1. The van der Waals surface area contributed by atoms with Gasteiger partial charge in [-0.3, -0.25) is 9.59 Å². The maximum Gasteiger partial charge on any atom is 0.309 e. The molecule has 0 radical (unpaired) electrons. The van der Waals surface area contributed by atoms with E-state index in [-0.39, 0.29) is 25.4 Å². The van der Waals surface area contributed by atoms with Crippen molar-refractivity contribution in [2.45, 2.75) is 37.9 Å². The molecule has 5 nitrogen and oxygen atoms in total. The van der Waals surface area contributed by atoms with Crippen molar-refractivity contribution in [3.63, 3.8) is 0 Å². The van der Waals surface area contributed by atoms with Gasteiger partial charge < -0.3 is 14.9 Å². The summed E-state index contributed by atoms with van der Waals surface area (Å²) in [4.78, 5) is 22.6. The van der Waals surface area contributed by atoms with Gasteiger partial charge in [0.1, 0.15) is 6.61 Å². The van der Waals surface area contributed by atoms with Gasteiger partial charge in [-0.15, -0.1) is 0 Å². The molecule has 1 aromatic rings. The summed E-state index contributed by atoms with van der Waals surface area (Å²) in [5.41, 5.74) is -0.373. The highest BCUT2D eigenvalue weighted by Gasteiger charge is 2.42. The Kier molecular flexibility index (Phi) is 4.39. The lowest BCUT2D eigenvalue weighted by Gasteiger charge is -2.19. The zero-order valence-corrected chi connectivity index (χ0v) is 11.1. The molecule has 0 amide bonds. The minimum atomic E-state index is -1.28. The van der Waals surface area contributed by atoms with Gasteiger partial charge >= 0.3 is 11.9 Å². The number of aliphatic hydroxyl groups is 1. The maximum absolute atomic E-state index is 11.9. The van der Waals surface area contributed by atoms with E-state index >= 15 is 0 Å². The molecular formula is C15H18O5. The first-order valence-electron chi connectivity index (χ1n) is 6.63. The minimum absolute atomic E-state index is 0.160. The summed E-state index contributed by atoms with van der Waals surface area (Å²) in [6, 6.07) is 9.34. The summed E-state index contributed by atoms with van der Waals surface area (Å²) < 4.78 is 5.21. The minimum Gasteiger partial charge on any atom is -0.481 e. The summed E-state index contributed by atoms with van der Waals surface area (Å²) in [6.07, 6.45) is 0.629. The molecule has 1 aromatic carbocycles. The van der Waals surface area contributed by atoms with Crippen molar-refractivity contribution in [3.8, 4) is 0 Å². The van der Waals surface area contributed by atoms with Crippen molar-refractivity contribution in [2.75, 3.05) is 0 Å². The van der Waals surface area contributed by atoms with Crippen molar-refractivity contribution in [1.82, 2.24) is 0 Å². The molecule has 2 atom stereocenters. The third-order valence-electron chi connectivity index (χ3n) is 3.62. The van der Waals surface area contributed by atoms with E-state index in [1.54, 1.807) is 0 Å². The quantitative estimate of drug-likeness (QED) is 0.801. The lowest BCUT2D eigenvalue weighted by molar-refractivity contribution is -0.151. The Morgan fingerprint density at radius 2 is 2.00 bits per heavy atom. The zero-order valence-electron chi connectivity index (χ0n) is 11.1. The van der Waals surface area contributed by atoms with Crippen molar-refractivity contribution in [3.05, 3.63) is 35.9 Å². The van der Waals surface area contributed by atoms with Crippen LogP contribution in [0.15, 0.2) is 30.3 Å². The second-order valence-electron chi connectivity index (χ2n) is 5.33. The van der Waals surface area contributed by atoms with Crippen LogP contribution in [0.1, 0.15) is 31.2 Å². The number of aliphatic carboxylic acids is 1. The average molecular weight is 278 g/mol. The smallest absolute Gasteiger partial charge is 0.309 e. The first-order chi connectivity index (χ1) is 9.48. The van der Waals surface area contributed by atoms with Gasteiger partial charge in [0.15, 0.2) is 0 Å². The van der Waals surface area contributed by atoms with Crippen LogP contribution < -0.4 is 0 Å². The zero-order chi connectivity index (χ0) is 14.6. The summed E-state index contributed by atoms with van der Waals surface area (Å²) in [5, 5.41) is 18.8. The number of hydrogen-bond donors (Lipinski definition) is 2. The number of rotatable bonds is 5.